The highest BCUT2D eigenvalue weighted by molar-refractivity contribution is 5.87. The predicted molar refractivity (Wildman–Crippen MR) is 107 cm³/mol. The Labute approximate surface area is 177 Å². The zero-order valence-electron chi connectivity index (χ0n) is 16.2. The molecule has 0 spiro atoms. The van der Waals surface area contributed by atoms with Crippen LogP contribution in [-0.4, -0.2) is 35.4 Å². The largest absolute Gasteiger partial charge is 0.415 e. The summed E-state index contributed by atoms with van der Waals surface area (Å²) in [5.74, 6) is -1.09. The van der Waals surface area contributed by atoms with Crippen LogP contribution in [0.4, 0.5) is 19.0 Å². The van der Waals surface area contributed by atoms with Gasteiger partial charge in [0.1, 0.15) is 11.6 Å². The molecule has 32 heavy (non-hydrogen) atoms. The van der Waals surface area contributed by atoms with Gasteiger partial charge in [0, 0.05) is 17.1 Å². The molecule has 160 valence electrons. The zero-order chi connectivity index (χ0) is 22.2. The number of halogens is 3. The zero-order valence-corrected chi connectivity index (χ0v) is 16.2. The van der Waals surface area contributed by atoms with E-state index in [9.17, 15) is 13.2 Å². The van der Waals surface area contributed by atoms with Crippen molar-refractivity contribution in [1.82, 2.24) is 35.4 Å². The maximum Gasteiger partial charge on any atom is 0.314 e. The van der Waals surface area contributed by atoms with Gasteiger partial charge in [-0.25, -0.2) is 9.37 Å². The highest BCUT2D eigenvalue weighted by Gasteiger charge is 2.19. The van der Waals surface area contributed by atoms with Crippen LogP contribution in [0.1, 0.15) is 17.9 Å². The molecule has 9 nitrogen and oxygen atoms in total. The van der Waals surface area contributed by atoms with E-state index in [1.54, 1.807) is 18.3 Å². The lowest BCUT2D eigenvalue weighted by Crippen LogP contribution is -2.04. The highest BCUT2D eigenvalue weighted by Crippen LogP contribution is 2.26. The summed E-state index contributed by atoms with van der Waals surface area (Å²) >= 11 is 0. The lowest BCUT2D eigenvalue weighted by Gasteiger charge is -2.03. The van der Waals surface area contributed by atoms with Gasteiger partial charge in [0.15, 0.2) is 0 Å². The number of nitrogen functional groups attached to an aromatic ring is 1. The first-order valence-electron chi connectivity index (χ1n) is 9.30. The van der Waals surface area contributed by atoms with Gasteiger partial charge in [-0.2, -0.15) is 13.6 Å². The van der Waals surface area contributed by atoms with Gasteiger partial charge in [0.25, 0.3) is 11.8 Å². The van der Waals surface area contributed by atoms with E-state index in [-0.39, 0.29) is 18.0 Å². The third-order valence-corrected chi connectivity index (χ3v) is 4.67. The van der Waals surface area contributed by atoms with E-state index in [0.29, 0.717) is 17.2 Å². The van der Waals surface area contributed by atoms with Crippen LogP contribution < -0.4 is 5.73 Å². The fraction of sp³-hybridized carbons (Fsp3) is 0.100. The van der Waals surface area contributed by atoms with Gasteiger partial charge in [-0.05, 0) is 40.4 Å². The molecule has 0 saturated heterocycles. The van der Waals surface area contributed by atoms with Crippen LogP contribution in [0.15, 0.2) is 53.1 Å². The molecule has 0 aliphatic carbocycles. The summed E-state index contributed by atoms with van der Waals surface area (Å²) in [5, 5.41) is 20.9. The topological polar surface area (TPSA) is 121 Å². The third kappa shape index (κ3) is 3.73. The van der Waals surface area contributed by atoms with Crippen molar-refractivity contribution in [3.05, 3.63) is 65.9 Å². The Hall–Kier alpha value is -4.35. The number of aromatic nitrogens is 7. The summed E-state index contributed by atoms with van der Waals surface area (Å²) in [7, 11) is 0. The molecule has 3 aromatic heterocycles. The summed E-state index contributed by atoms with van der Waals surface area (Å²) < 4.78 is 44.5. The Morgan fingerprint density at radius 3 is 2.66 bits per heavy atom. The van der Waals surface area contributed by atoms with Gasteiger partial charge in [0.2, 0.25) is 5.82 Å². The number of pyridine rings is 1. The Balaban J connectivity index is 1.37. The van der Waals surface area contributed by atoms with E-state index in [1.807, 2.05) is 18.2 Å². The summed E-state index contributed by atoms with van der Waals surface area (Å²) in [4.78, 5) is 5.37. The standard InChI is InChI=1S/C20H13F3N8O/c21-15-5-10(1-4-14(15)19-27-28-20(32-19)17(22)23)9-31-29-18(26-30-31)11-2-3-12-8-25-16(24)7-13(12)6-11/h1-8,17H,9H2,(H2,24,25). The second kappa shape index (κ2) is 7.72. The van der Waals surface area contributed by atoms with Crippen molar-refractivity contribution in [3.8, 4) is 22.8 Å². The first-order chi connectivity index (χ1) is 15.5. The molecule has 0 atom stereocenters. The molecule has 0 radical (unpaired) electrons. The van der Waals surface area contributed by atoms with E-state index < -0.39 is 18.1 Å². The van der Waals surface area contributed by atoms with Crippen LogP contribution >= 0.6 is 0 Å². The Morgan fingerprint density at radius 1 is 1.00 bits per heavy atom. The fourth-order valence-corrected chi connectivity index (χ4v) is 3.15. The molecule has 0 aliphatic heterocycles. The van der Waals surface area contributed by atoms with Crippen molar-refractivity contribution in [3.63, 3.8) is 0 Å². The molecule has 5 aromatic rings. The van der Waals surface area contributed by atoms with Crippen LogP contribution in [-0.2, 0) is 6.54 Å². The quantitative estimate of drug-likeness (QED) is 0.441. The van der Waals surface area contributed by atoms with Crippen LogP contribution in [0.3, 0.4) is 0 Å². The molecule has 0 unspecified atom stereocenters. The number of nitrogens with two attached hydrogens (primary N) is 1. The van der Waals surface area contributed by atoms with E-state index in [1.165, 1.54) is 16.9 Å². The number of alkyl halides is 2. The molecule has 0 fully saturated rings. The summed E-state index contributed by atoms with van der Waals surface area (Å²) in [5.41, 5.74) is 6.93. The molecule has 2 N–H and O–H groups in total. The van der Waals surface area contributed by atoms with E-state index in [2.05, 4.69) is 30.6 Å². The van der Waals surface area contributed by atoms with Gasteiger partial charge in [-0.15, -0.1) is 20.4 Å². The highest BCUT2D eigenvalue weighted by atomic mass is 19.3. The smallest absolute Gasteiger partial charge is 0.314 e. The minimum absolute atomic E-state index is 0.0784. The molecule has 12 heteroatoms. The normalized spacial score (nSPS) is 11.5. The van der Waals surface area contributed by atoms with E-state index in [4.69, 9.17) is 10.2 Å². The number of tetrazole rings is 1. The van der Waals surface area contributed by atoms with Gasteiger partial charge in [0.05, 0.1) is 12.1 Å². The molecular weight excluding hydrogens is 425 g/mol. The van der Waals surface area contributed by atoms with Crippen molar-refractivity contribution in [1.29, 1.82) is 0 Å². The average molecular weight is 438 g/mol. The van der Waals surface area contributed by atoms with E-state index >= 15 is 0 Å². The Morgan fingerprint density at radius 2 is 1.88 bits per heavy atom. The molecule has 0 aliphatic rings. The van der Waals surface area contributed by atoms with E-state index in [0.717, 1.165) is 16.3 Å². The fourth-order valence-electron chi connectivity index (χ4n) is 3.15. The lowest BCUT2D eigenvalue weighted by atomic mass is 10.1. The lowest BCUT2D eigenvalue weighted by molar-refractivity contribution is 0.116. The second-order valence-electron chi connectivity index (χ2n) is 6.87. The van der Waals surface area contributed by atoms with Crippen LogP contribution in [0.5, 0.6) is 0 Å². The van der Waals surface area contributed by atoms with Crippen molar-refractivity contribution in [2.24, 2.45) is 0 Å². The maximum absolute atomic E-state index is 14.5. The molecule has 0 saturated carbocycles. The van der Waals surface area contributed by atoms with Crippen LogP contribution in [0.25, 0.3) is 33.6 Å². The SMILES string of the molecule is Nc1cc2cc(-c3nnn(Cc4ccc(-c5nnc(C(F)F)o5)c(F)c4)n3)ccc2cn1. The number of anilines is 1. The molecule has 0 amide bonds. The minimum Gasteiger partial charge on any atom is -0.415 e. The summed E-state index contributed by atoms with van der Waals surface area (Å²) in [6.07, 6.45) is -1.25. The van der Waals surface area contributed by atoms with Crippen molar-refractivity contribution < 1.29 is 17.6 Å². The van der Waals surface area contributed by atoms with Gasteiger partial charge in [-0.1, -0.05) is 18.2 Å². The van der Waals surface area contributed by atoms with Crippen molar-refractivity contribution >= 4 is 16.6 Å². The summed E-state index contributed by atoms with van der Waals surface area (Å²) in [6.45, 7) is 0.140. The monoisotopic (exact) mass is 438 g/mol. The predicted octanol–water partition coefficient (Wildman–Crippen LogP) is 3.65. The molecule has 3 heterocycles. The van der Waals surface area contributed by atoms with Gasteiger partial charge >= 0.3 is 6.43 Å². The first kappa shape index (κ1) is 19.6. The number of rotatable bonds is 5. The average Bonchev–Trinajstić information content (AvgIpc) is 3.43. The number of hydrogen-bond acceptors (Lipinski definition) is 8. The summed E-state index contributed by atoms with van der Waals surface area (Å²) in [6, 6.07) is 11.5. The maximum atomic E-state index is 14.5. The molecule has 5 rings (SSSR count). The number of hydrogen-bond donors (Lipinski definition) is 1. The molecular formula is C20H13F3N8O. The third-order valence-electron chi connectivity index (χ3n) is 4.67. The second-order valence-corrected chi connectivity index (χ2v) is 6.87. The number of benzene rings is 2. The van der Waals surface area contributed by atoms with Crippen molar-refractivity contribution in [2.75, 3.05) is 5.73 Å². The van der Waals surface area contributed by atoms with Gasteiger partial charge in [-0.3, -0.25) is 0 Å². The Kier molecular flexibility index (Phi) is 4.73. The number of nitrogens with zero attached hydrogens (tertiary/aromatic N) is 7. The van der Waals surface area contributed by atoms with Crippen LogP contribution in [0, 0.1) is 5.82 Å². The number of fused-ring (bicyclic) bond motifs is 1. The first-order valence-corrected chi connectivity index (χ1v) is 9.30. The molecule has 2 aromatic carbocycles. The van der Waals surface area contributed by atoms with Gasteiger partial charge < -0.3 is 10.2 Å². The molecule has 0 bridgehead atoms. The van der Waals surface area contributed by atoms with Crippen molar-refractivity contribution in [2.45, 2.75) is 13.0 Å². The minimum atomic E-state index is -2.93. The Bertz CT molecular complexity index is 1430. The van der Waals surface area contributed by atoms with Crippen LogP contribution in [0.2, 0.25) is 0 Å².